The molecule has 0 radical (unpaired) electrons. The number of benzene rings is 2. The Kier molecular flexibility index (Phi) is 5.15. The van der Waals surface area contributed by atoms with Gasteiger partial charge in [-0.1, -0.05) is 56.3 Å². The molecule has 2 rings (SSSR count). The lowest BCUT2D eigenvalue weighted by Crippen LogP contribution is -2.11. The van der Waals surface area contributed by atoms with Gasteiger partial charge in [0.15, 0.2) is 0 Å². The molecule has 0 bridgehead atoms. The minimum atomic E-state index is -0.175. The third kappa shape index (κ3) is 4.45. The fourth-order valence-corrected chi connectivity index (χ4v) is 2.27. The Bertz CT molecular complexity index is 600. The van der Waals surface area contributed by atoms with Crippen LogP contribution in [0, 0.1) is 6.92 Å². The van der Waals surface area contributed by atoms with E-state index in [1.165, 1.54) is 0 Å². The van der Waals surface area contributed by atoms with E-state index in [0.717, 1.165) is 16.7 Å². The molecular weight excluding hydrogens is 260 g/mol. The molecule has 0 fully saturated rings. The van der Waals surface area contributed by atoms with Crippen LogP contribution in [0.5, 0.6) is 5.75 Å². The van der Waals surface area contributed by atoms with Gasteiger partial charge in [0.05, 0.1) is 0 Å². The number of carbonyl (C=O) groups excluding carboxylic acids is 1. The van der Waals surface area contributed by atoms with Gasteiger partial charge in [-0.25, -0.2) is 0 Å². The molecule has 2 nitrogen and oxygen atoms in total. The summed E-state index contributed by atoms with van der Waals surface area (Å²) >= 11 is 0. The molecule has 0 aliphatic carbocycles. The fourth-order valence-electron chi connectivity index (χ4n) is 2.27. The Labute approximate surface area is 126 Å². The van der Waals surface area contributed by atoms with Crippen molar-refractivity contribution in [2.75, 3.05) is 0 Å². The molecule has 0 aliphatic rings. The smallest absolute Gasteiger partial charge is 0.311 e. The summed E-state index contributed by atoms with van der Waals surface area (Å²) in [4.78, 5) is 12.0. The zero-order chi connectivity index (χ0) is 15.2. The van der Waals surface area contributed by atoms with Crippen LogP contribution in [-0.4, -0.2) is 5.97 Å². The van der Waals surface area contributed by atoms with Crippen molar-refractivity contribution in [1.29, 1.82) is 0 Å². The molecule has 0 spiro atoms. The van der Waals surface area contributed by atoms with E-state index in [4.69, 9.17) is 4.74 Å². The molecule has 0 aliphatic heterocycles. The second-order valence-electron chi connectivity index (χ2n) is 5.66. The van der Waals surface area contributed by atoms with E-state index in [0.29, 0.717) is 24.5 Å². The first kappa shape index (κ1) is 15.3. The third-order valence-electron chi connectivity index (χ3n) is 3.48. The third-order valence-corrected chi connectivity index (χ3v) is 3.48. The van der Waals surface area contributed by atoms with E-state index in [-0.39, 0.29) is 5.97 Å². The molecular formula is C19H22O2. The van der Waals surface area contributed by atoms with Crippen LogP contribution in [0.3, 0.4) is 0 Å². The lowest BCUT2D eigenvalue weighted by atomic mass is 10.0. The van der Waals surface area contributed by atoms with Crippen LogP contribution in [0.2, 0.25) is 0 Å². The Morgan fingerprint density at radius 1 is 1.10 bits per heavy atom. The molecule has 0 saturated carbocycles. The summed E-state index contributed by atoms with van der Waals surface area (Å²) in [5, 5.41) is 0. The lowest BCUT2D eigenvalue weighted by Gasteiger charge is -2.13. The van der Waals surface area contributed by atoms with Crippen LogP contribution in [0.4, 0.5) is 0 Å². The SMILES string of the molecule is Cc1ccc(C(C)C)c(OC(=O)CCc2ccccc2)c1. The number of carbonyl (C=O) groups is 1. The molecule has 110 valence electrons. The van der Waals surface area contributed by atoms with Crippen molar-refractivity contribution in [3.8, 4) is 5.75 Å². The predicted octanol–water partition coefficient (Wildman–Crippen LogP) is 4.66. The van der Waals surface area contributed by atoms with Gasteiger partial charge in [0, 0.05) is 6.42 Å². The highest BCUT2D eigenvalue weighted by Gasteiger charge is 2.12. The average molecular weight is 282 g/mol. The number of hydrogen-bond donors (Lipinski definition) is 0. The standard InChI is InChI=1S/C19H22O2/c1-14(2)17-11-9-15(3)13-18(17)21-19(20)12-10-16-7-5-4-6-8-16/h4-9,11,13-14H,10,12H2,1-3H3. The van der Waals surface area contributed by atoms with Crippen LogP contribution in [0.15, 0.2) is 48.5 Å². The van der Waals surface area contributed by atoms with Gasteiger partial charge in [-0.2, -0.15) is 0 Å². The van der Waals surface area contributed by atoms with Crippen LogP contribution < -0.4 is 4.74 Å². The molecule has 0 amide bonds. The summed E-state index contributed by atoms with van der Waals surface area (Å²) in [6.07, 6.45) is 1.11. The summed E-state index contributed by atoms with van der Waals surface area (Å²) in [6.45, 7) is 6.21. The Morgan fingerprint density at radius 3 is 2.48 bits per heavy atom. The molecule has 0 saturated heterocycles. The maximum atomic E-state index is 12.0. The molecule has 0 atom stereocenters. The zero-order valence-corrected chi connectivity index (χ0v) is 12.9. The lowest BCUT2D eigenvalue weighted by molar-refractivity contribution is -0.134. The maximum absolute atomic E-state index is 12.0. The van der Waals surface area contributed by atoms with E-state index >= 15 is 0 Å². The van der Waals surface area contributed by atoms with Gasteiger partial charge in [0.2, 0.25) is 0 Å². The topological polar surface area (TPSA) is 26.3 Å². The molecule has 2 aromatic carbocycles. The normalized spacial score (nSPS) is 10.7. The van der Waals surface area contributed by atoms with Crippen LogP contribution >= 0.6 is 0 Å². The second kappa shape index (κ2) is 7.07. The summed E-state index contributed by atoms with van der Waals surface area (Å²) < 4.78 is 5.57. The molecule has 0 aromatic heterocycles. The summed E-state index contributed by atoms with van der Waals surface area (Å²) in [6, 6.07) is 16.0. The van der Waals surface area contributed by atoms with Gasteiger partial charge in [0.1, 0.15) is 5.75 Å². The Balaban J connectivity index is 2.01. The highest BCUT2D eigenvalue weighted by Crippen LogP contribution is 2.27. The predicted molar refractivity (Wildman–Crippen MR) is 85.7 cm³/mol. The highest BCUT2D eigenvalue weighted by atomic mass is 16.5. The highest BCUT2D eigenvalue weighted by molar-refractivity contribution is 5.73. The van der Waals surface area contributed by atoms with Gasteiger partial charge in [-0.05, 0) is 42.0 Å². The molecule has 2 heteroatoms. The van der Waals surface area contributed by atoms with Gasteiger partial charge < -0.3 is 4.74 Å². The minimum absolute atomic E-state index is 0.175. The van der Waals surface area contributed by atoms with Crippen molar-refractivity contribution in [2.24, 2.45) is 0 Å². The van der Waals surface area contributed by atoms with Crippen molar-refractivity contribution in [2.45, 2.75) is 39.5 Å². The van der Waals surface area contributed by atoms with Crippen LogP contribution in [0.25, 0.3) is 0 Å². The molecule has 21 heavy (non-hydrogen) atoms. The quantitative estimate of drug-likeness (QED) is 0.589. The molecule has 0 unspecified atom stereocenters. The number of esters is 1. The number of aryl methyl sites for hydroxylation is 2. The maximum Gasteiger partial charge on any atom is 0.311 e. The number of ether oxygens (including phenoxy) is 1. The van der Waals surface area contributed by atoms with E-state index in [1.54, 1.807) is 0 Å². The van der Waals surface area contributed by atoms with Gasteiger partial charge in [-0.3, -0.25) is 4.79 Å². The first-order valence-corrected chi connectivity index (χ1v) is 7.41. The minimum Gasteiger partial charge on any atom is -0.426 e. The Morgan fingerprint density at radius 2 is 1.81 bits per heavy atom. The number of rotatable bonds is 5. The van der Waals surface area contributed by atoms with E-state index in [1.807, 2.05) is 49.4 Å². The largest absolute Gasteiger partial charge is 0.426 e. The van der Waals surface area contributed by atoms with Crippen LogP contribution in [0.1, 0.15) is 42.9 Å². The van der Waals surface area contributed by atoms with Crippen molar-refractivity contribution in [1.82, 2.24) is 0 Å². The average Bonchev–Trinajstić information content (AvgIpc) is 2.46. The van der Waals surface area contributed by atoms with E-state index in [9.17, 15) is 4.79 Å². The van der Waals surface area contributed by atoms with Gasteiger partial charge in [-0.15, -0.1) is 0 Å². The van der Waals surface area contributed by atoms with Gasteiger partial charge in [0.25, 0.3) is 0 Å². The monoisotopic (exact) mass is 282 g/mol. The first-order valence-electron chi connectivity index (χ1n) is 7.41. The van der Waals surface area contributed by atoms with E-state index in [2.05, 4.69) is 19.9 Å². The van der Waals surface area contributed by atoms with Crippen molar-refractivity contribution in [3.05, 3.63) is 65.2 Å². The summed E-state index contributed by atoms with van der Waals surface area (Å²) in [5.41, 5.74) is 3.33. The second-order valence-corrected chi connectivity index (χ2v) is 5.66. The van der Waals surface area contributed by atoms with Crippen LogP contribution in [-0.2, 0) is 11.2 Å². The molecule has 2 aromatic rings. The molecule has 0 N–H and O–H groups in total. The Hall–Kier alpha value is -2.09. The fraction of sp³-hybridized carbons (Fsp3) is 0.316. The first-order chi connectivity index (χ1) is 10.1. The van der Waals surface area contributed by atoms with E-state index < -0.39 is 0 Å². The summed E-state index contributed by atoms with van der Waals surface area (Å²) in [7, 11) is 0. The zero-order valence-electron chi connectivity index (χ0n) is 12.9. The summed E-state index contributed by atoms with van der Waals surface area (Å²) in [5.74, 6) is 0.858. The van der Waals surface area contributed by atoms with Crippen molar-refractivity contribution >= 4 is 5.97 Å². The van der Waals surface area contributed by atoms with Crippen molar-refractivity contribution in [3.63, 3.8) is 0 Å². The number of hydrogen-bond acceptors (Lipinski definition) is 2. The molecule has 0 heterocycles. The van der Waals surface area contributed by atoms with Crippen molar-refractivity contribution < 1.29 is 9.53 Å². The van der Waals surface area contributed by atoms with Gasteiger partial charge >= 0.3 is 5.97 Å².